The average Bonchev–Trinajstić information content (AvgIpc) is 3.14. The second-order valence-corrected chi connectivity index (χ2v) is 7.95. The molecule has 188 valence electrons. The number of nitrogens with two attached hydrogens (primary N) is 2. The molecule has 7 N–H and O–H groups in total. The van der Waals surface area contributed by atoms with Crippen molar-refractivity contribution in [2.45, 2.75) is 38.0 Å². The normalized spacial score (nSPS) is 11.5. The van der Waals surface area contributed by atoms with Gasteiger partial charge in [0.05, 0.1) is 17.4 Å². The molecule has 0 aliphatic carbocycles. The average molecular weight is 507 g/mol. The summed E-state index contributed by atoms with van der Waals surface area (Å²) in [4.78, 5) is 32.3. The Morgan fingerprint density at radius 1 is 1.00 bits per heavy atom. The number of carboxylic acid groups (broad SMARTS) is 3. The Morgan fingerprint density at radius 2 is 1.69 bits per heavy atom. The van der Waals surface area contributed by atoms with Gasteiger partial charge in [-0.1, -0.05) is 42.3 Å². The Balaban J connectivity index is 0.000000367. The quantitative estimate of drug-likeness (QED) is 0.190. The van der Waals surface area contributed by atoms with Gasteiger partial charge in [-0.25, -0.2) is 9.59 Å². The summed E-state index contributed by atoms with van der Waals surface area (Å²) in [6.07, 6.45) is 0.134. The first-order valence-corrected chi connectivity index (χ1v) is 11.0. The van der Waals surface area contributed by atoms with Crippen LogP contribution in [-0.2, 0) is 20.9 Å². The lowest BCUT2D eigenvalue weighted by molar-refractivity contribution is -0.159. The van der Waals surface area contributed by atoms with Crippen LogP contribution >= 0.6 is 11.6 Å². The highest BCUT2D eigenvalue weighted by molar-refractivity contribution is 6.30. The molecule has 0 bridgehead atoms. The van der Waals surface area contributed by atoms with E-state index in [4.69, 9.17) is 43.1 Å². The number of aliphatic carboxylic acids is 3. The van der Waals surface area contributed by atoms with Crippen LogP contribution in [-0.4, -0.2) is 61.7 Å². The highest BCUT2D eigenvalue weighted by Gasteiger charge is 2.30. The number of carboxylic acids is 3. The van der Waals surface area contributed by atoms with Crippen LogP contribution in [0, 0.1) is 0 Å². The van der Waals surface area contributed by atoms with E-state index in [-0.39, 0.29) is 5.88 Å². The fourth-order valence-electron chi connectivity index (χ4n) is 3.06. The topological polar surface area (TPSA) is 191 Å². The number of rotatable bonds is 11. The molecule has 1 atom stereocenters. The molecular weight excluding hydrogens is 480 g/mol. The number of aromatic nitrogens is 2. The number of hydrogen-bond donors (Lipinski definition) is 5. The van der Waals surface area contributed by atoms with Gasteiger partial charge in [-0.3, -0.25) is 9.48 Å². The van der Waals surface area contributed by atoms with Crippen LogP contribution in [0.1, 0.15) is 24.8 Å². The standard InChI is InChI=1S/C17H13ClN2O5.C6H14N2O2/c18-11-5-3-4-10(8-11)9-20-13-7-2-1-6-12(13)15(19-20)25-14(16(21)22)17(23)24;7-4-2-1-3-5(8)6(9)10/h1-8,14H,9H2,(H,21,22)(H,23,24);5H,1-4,7-8H2,(H,9,10)/t;5-/m.0/s1. The number of nitrogens with zero attached hydrogens (tertiary/aromatic N) is 2. The van der Waals surface area contributed by atoms with Gasteiger partial charge in [0.15, 0.2) is 0 Å². The number of ether oxygens (including phenoxy) is 1. The Bertz CT molecular complexity index is 1150. The Morgan fingerprint density at radius 3 is 2.29 bits per heavy atom. The van der Waals surface area contributed by atoms with Gasteiger partial charge < -0.3 is 31.5 Å². The molecule has 1 aromatic heterocycles. The maximum atomic E-state index is 11.1. The van der Waals surface area contributed by atoms with Crippen LogP contribution in [0.15, 0.2) is 48.5 Å². The minimum Gasteiger partial charge on any atom is -0.480 e. The van der Waals surface area contributed by atoms with Gasteiger partial charge in [-0.15, -0.1) is 5.10 Å². The SMILES string of the molecule is NCCCC[C@H](N)C(=O)O.O=C(O)C(Oc1nn(Cc2cccc(Cl)c2)c2ccccc12)C(=O)O. The summed E-state index contributed by atoms with van der Waals surface area (Å²) in [6.45, 7) is 0.974. The van der Waals surface area contributed by atoms with E-state index in [1.165, 1.54) is 0 Å². The molecule has 0 aliphatic heterocycles. The lowest BCUT2D eigenvalue weighted by atomic mass is 10.1. The predicted octanol–water partition coefficient (Wildman–Crippen LogP) is 2.18. The van der Waals surface area contributed by atoms with Gasteiger partial charge in [-0.2, -0.15) is 0 Å². The number of carbonyl (C=O) groups is 3. The van der Waals surface area contributed by atoms with Gasteiger partial charge in [0, 0.05) is 5.02 Å². The minimum absolute atomic E-state index is 0.0487. The molecule has 11 nitrogen and oxygen atoms in total. The van der Waals surface area contributed by atoms with Crippen molar-refractivity contribution < 1.29 is 34.4 Å². The van der Waals surface area contributed by atoms with Crippen molar-refractivity contribution in [3.8, 4) is 5.88 Å². The van der Waals surface area contributed by atoms with Crippen molar-refractivity contribution in [1.29, 1.82) is 0 Å². The molecule has 2 aromatic carbocycles. The molecule has 12 heteroatoms. The zero-order valence-electron chi connectivity index (χ0n) is 18.7. The van der Waals surface area contributed by atoms with E-state index in [0.29, 0.717) is 35.4 Å². The Hall–Kier alpha value is -3.67. The maximum absolute atomic E-state index is 11.1. The van der Waals surface area contributed by atoms with Crippen molar-refractivity contribution in [1.82, 2.24) is 9.78 Å². The summed E-state index contributed by atoms with van der Waals surface area (Å²) in [5, 5.41) is 31.7. The second-order valence-electron chi connectivity index (χ2n) is 7.51. The van der Waals surface area contributed by atoms with E-state index in [1.807, 2.05) is 12.1 Å². The summed E-state index contributed by atoms with van der Waals surface area (Å²) < 4.78 is 6.74. The van der Waals surface area contributed by atoms with Gasteiger partial charge in [0.25, 0.3) is 6.10 Å². The zero-order valence-corrected chi connectivity index (χ0v) is 19.5. The van der Waals surface area contributed by atoms with Gasteiger partial charge in [0.1, 0.15) is 6.04 Å². The van der Waals surface area contributed by atoms with E-state index in [1.54, 1.807) is 41.1 Å². The molecule has 0 saturated carbocycles. The lowest BCUT2D eigenvalue weighted by Crippen LogP contribution is -2.35. The minimum atomic E-state index is -2.03. The summed E-state index contributed by atoms with van der Waals surface area (Å²) in [5.41, 5.74) is 12.0. The number of halogens is 1. The fourth-order valence-corrected chi connectivity index (χ4v) is 3.28. The third-order valence-corrected chi connectivity index (χ3v) is 5.05. The van der Waals surface area contributed by atoms with Gasteiger partial charge in [-0.05, 0) is 49.2 Å². The van der Waals surface area contributed by atoms with Crippen LogP contribution < -0.4 is 16.2 Å². The van der Waals surface area contributed by atoms with Crippen LogP contribution in [0.25, 0.3) is 10.9 Å². The number of benzene rings is 2. The van der Waals surface area contributed by atoms with Gasteiger partial charge >= 0.3 is 17.9 Å². The molecule has 0 spiro atoms. The second kappa shape index (κ2) is 13.3. The molecule has 0 radical (unpaired) electrons. The van der Waals surface area contributed by atoms with Crippen molar-refractivity contribution in [2.24, 2.45) is 11.5 Å². The van der Waals surface area contributed by atoms with Crippen molar-refractivity contribution in [3.05, 3.63) is 59.1 Å². The third kappa shape index (κ3) is 8.25. The van der Waals surface area contributed by atoms with Crippen LogP contribution in [0.2, 0.25) is 5.02 Å². The van der Waals surface area contributed by atoms with Crippen LogP contribution in [0.5, 0.6) is 5.88 Å². The first-order valence-electron chi connectivity index (χ1n) is 10.6. The molecule has 1 heterocycles. The molecule has 3 rings (SSSR count). The van der Waals surface area contributed by atoms with Crippen LogP contribution in [0.4, 0.5) is 0 Å². The third-order valence-electron chi connectivity index (χ3n) is 4.81. The largest absolute Gasteiger partial charge is 0.480 e. The lowest BCUT2D eigenvalue weighted by Gasteiger charge is -2.08. The number of fused-ring (bicyclic) bond motifs is 1. The summed E-state index contributed by atoms with van der Waals surface area (Å²) in [6, 6.07) is 13.5. The van der Waals surface area contributed by atoms with Gasteiger partial charge in [0.2, 0.25) is 5.88 Å². The summed E-state index contributed by atoms with van der Waals surface area (Å²) >= 11 is 5.99. The molecule has 35 heavy (non-hydrogen) atoms. The van der Waals surface area contributed by atoms with E-state index in [9.17, 15) is 14.4 Å². The Kier molecular flexibility index (Phi) is 10.5. The van der Waals surface area contributed by atoms with Crippen molar-refractivity contribution in [2.75, 3.05) is 6.54 Å². The fraction of sp³-hybridized carbons (Fsp3) is 0.304. The monoisotopic (exact) mass is 506 g/mol. The molecule has 0 fully saturated rings. The van der Waals surface area contributed by atoms with Crippen LogP contribution in [0.3, 0.4) is 0 Å². The maximum Gasteiger partial charge on any atom is 0.356 e. The zero-order chi connectivity index (χ0) is 26.0. The number of hydrogen-bond acceptors (Lipinski definition) is 7. The molecule has 0 saturated heterocycles. The first kappa shape index (κ1) is 27.6. The number of para-hydroxylation sites is 1. The highest BCUT2D eigenvalue weighted by atomic mass is 35.5. The molecule has 0 amide bonds. The summed E-state index contributed by atoms with van der Waals surface area (Å²) in [5.74, 6) is -4.17. The first-order chi connectivity index (χ1) is 16.6. The summed E-state index contributed by atoms with van der Waals surface area (Å²) in [7, 11) is 0. The van der Waals surface area contributed by atoms with E-state index in [2.05, 4.69) is 5.10 Å². The van der Waals surface area contributed by atoms with E-state index in [0.717, 1.165) is 18.4 Å². The Labute approximate surface area is 205 Å². The molecular formula is C23H27ClN4O7. The van der Waals surface area contributed by atoms with Crippen molar-refractivity contribution >= 4 is 40.4 Å². The van der Waals surface area contributed by atoms with E-state index >= 15 is 0 Å². The number of unbranched alkanes of at least 4 members (excludes halogenated alkanes) is 1. The highest BCUT2D eigenvalue weighted by Crippen LogP contribution is 2.26. The van der Waals surface area contributed by atoms with E-state index < -0.39 is 30.1 Å². The molecule has 0 unspecified atom stereocenters. The molecule has 3 aromatic rings. The molecule has 0 aliphatic rings. The van der Waals surface area contributed by atoms with Crippen molar-refractivity contribution in [3.63, 3.8) is 0 Å². The predicted molar refractivity (Wildman–Crippen MR) is 128 cm³/mol. The smallest absolute Gasteiger partial charge is 0.356 e.